The second-order valence-corrected chi connectivity index (χ2v) is 9.77. The van der Waals surface area contributed by atoms with Crippen LogP contribution in [0.3, 0.4) is 0 Å². The highest BCUT2D eigenvalue weighted by molar-refractivity contribution is 7.92. The predicted octanol–water partition coefficient (Wildman–Crippen LogP) is 1.91. The molecule has 7 heteroatoms. The number of aryl methyl sites for hydroxylation is 1. The summed E-state index contributed by atoms with van der Waals surface area (Å²) < 4.78 is 52.4. The molecule has 2 atom stereocenters. The van der Waals surface area contributed by atoms with Gasteiger partial charge in [0.2, 0.25) is 0 Å². The second-order valence-electron chi connectivity index (χ2n) is 5.62. The van der Waals surface area contributed by atoms with Gasteiger partial charge in [-0.05, 0) is 44.7 Å². The fraction of sp³-hybridized carbons (Fsp3) is 0.571. The maximum atomic E-state index is 12.1. The molecule has 1 saturated heterocycles. The molecule has 1 fully saturated rings. The summed E-state index contributed by atoms with van der Waals surface area (Å²) in [5, 5.41) is -0.429. The molecule has 0 aromatic heterocycles. The van der Waals surface area contributed by atoms with Crippen LogP contribution in [0.25, 0.3) is 0 Å². The lowest BCUT2D eigenvalue weighted by atomic mass is 10.0. The van der Waals surface area contributed by atoms with Crippen LogP contribution in [-0.2, 0) is 24.1 Å². The Morgan fingerprint density at radius 1 is 1.24 bits per heavy atom. The molecule has 2 rings (SSSR count). The minimum atomic E-state index is -3.77. The maximum absolute atomic E-state index is 12.1. The van der Waals surface area contributed by atoms with Crippen molar-refractivity contribution in [3.8, 4) is 0 Å². The lowest BCUT2D eigenvalue weighted by Gasteiger charge is -2.26. The van der Waals surface area contributed by atoms with Gasteiger partial charge in [0.25, 0.3) is 10.1 Å². The van der Waals surface area contributed by atoms with Gasteiger partial charge in [0.15, 0.2) is 9.84 Å². The van der Waals surface area contributed by atoms with E-state index < -0.39 is 25.2 Å². The van der Waals surface area contributed by atoms with E-state index in [2.05, 4.69) is 0 Å². The van der Waals surface area contributed by atoms with Crippen LogP contribution in [0.2, 0.25) is 0 Å². The summed E-state index contributed by atoms with van der Waals surface area (Å²) in [7, 11) is -6.78. The zero-order chi connectivity index (χ0) is 15.7. The maximum Gasteiger partial charge on any atom is 0.296 e. The first-order valence-electron chi connectivity index (χ1n) is 6.88. The number of benzene rings is 1. The van der Waals surface area contributed by atoms with E-state index in [-0.39, 0.29) is 23.2 Å². The first-order valence-corrected chi connectivity index (χ1v) is 10.0. The Morgan fingerprint density at radius 3 is 2.43 bits per heavy atom. The van der Waals surface area contributed by atoms with Crippen molar-refractivity contribution < 1.29 is 21.0 Å². The van der Waals surface area contributed by atoms with Crippen LogP contribution in [0, 0.1) is 12.8 Å². The van der Waals surface area contributed by atoms with E-state index in [0.29, 0.717) is 12.8 Å². The minimum Gasteiger partial charge on any atom is -0.266 e. The van der Waals surface area contributed by atoms with E-state index in [4.69, 9.17) is 4.18 Å². The first kappa shape index (κ1) is 16.5. The van der Waals surface area contributed by atoms with Gasteiger partial charge in [0.1, 0.15) is 0 Å². The molecule has 1 aromatic carbocycles. The standard InChI is InChI=1S/C14H20O5S2/c1-11-3-5-14(6-4-11)21(17,18)19-10-13-7-8-20(15,16)12(2)9-13/h3-6,12-13H,7-10H2,1-2H3/t12-,13-/m0/s1. The molecule has 5 nitrogen and oxygen atoms in total. The van der Waals surface area contributed by atoms with Crippen molar-refractivity contribution in [1.82, 2.24) is 0 Å². The van der Waals surface area contributed by atoms with Gasteiger partial charge >= 0.3 is 0 Å². The zero-order valence-corrected chi connectivity index (χ0v) is 13.8. The average molecular weight is 332 g/mol. The van der Waals surface area contributed by atoms with E-state index in [1.807, 2.05) is 6.92 Å². The topological polar surface area (TPSA) is 77.5 Å². The Kier molecular flexibility index (Phi) is 4.75. The van der Waals surface area contributed by atoms with Gasteiger partial charge < -0.3 is 0 Å². The zero-order valence-electron chi connectivity index (χ0n) is 12.2. The quantitative estimate of drug-likeness (QED) is 0.787. The number of sulfone groups is 1. The van der Waals surface area contributed by atoms with Crippen LogP contribution < -0.4 is 0 Å². The Hall–Kier alpha value is -0.920. The van der Waals surface area contributed by atoms with E-state index in [1.54, 1.807) is 19.1 Å². The summed E-state index contributed by atoms with van der Waals surface area (Å²) in [5.41, 5.74) is 0.972. The fourth-order valence-electron chi connectivity index (χ4n) is 2.38. The van der Waals surface area contributed by atoms with E-state index in [0.717, 1.165) is 5.56 Å². The van der Waals surface area contributed by atoms with E-state index in [9.17, 15) is 16.8 Å². The number of hydrogen-bond acceptors (Lipinski definition) is 5. The Balaban J connectivity index is 1.98. The van der Waals surface area contributed by atoms with Crippen molar-refractivity contribution in [1.29, 1.82) is 0 Å². The Morgan fingerprint density at radius 2 is 1.86 bits per heavy atom. The minimum absolute atomic E-state index is 0.0378. The monoisotopic (exact) mass is 332 g/mol. The van der Waals surface area contributed by atoms with Gasteiger partial charge in [0.05, 0.1) is 22.5 Å². The predicted molar refractivity (Wildman–Crippen MR) is 80.3 cm³/mol. The Labute approximate surface area is 126 Å². The third-order valence-corrected chi connectivity index (χ3v) is 7.38. The van der Waals surface area contributed by atoms with Crippen molar-refractivity contribution >= 4 is 20.0 Å². The molecule has 1 aliphatic rings. The van der Waals surface area contributed by atoms with Crippen molar-refractivity contribution in [2.45, 2.75) is 36.8 Å². The van der Waals surface area contributed by atoms with Crippen molar-refractivity contribution in [2.24, 2.45) is 5.92 Å². The van der Waals surface area contributed by atoms with Crippen molar-refractivity contribution in [3.05, 3.63) is 29.8 Å². The molecule has 1 aliphatic heterocycles. The van der Waals surface area contributed by atoms with Gasteiger partial charge in [-0.1, -0.05) is 17.7 Å². The molecule has 0 N–H and O–H groups in total. The van der Waals surface area contributed by atoms with E-state index >= 15 is 0 Å². The highest BCUT2D eigenvalue weighted by Crippen LogP contribution is 2.26. The molecule has 0 aliphatic carbocycles. The lowest BCUT2D eigenvalue weighted by molar-refractivity contribution is 0.236. The summed E-state index contributed by atoms with van der Waals surface area (Å²) in [6.07, 6.45) is 0.905. The van der Waals surface area contributed by atoms with Gasteiger partial charge in [-0.2, -0.15) is 8.42 Å². The molecule has 0 bridgehead atoms. The van der Waals surface area contributed by atoms with Crippen LogP contribution in [0.1, 0.15) is 25.3 Å². The van der Waals surface area contributed by atoms with Crippen LogP contribution in [0.15, 0.2) is 29.2 Å². The molecule has 1 heterocycles. The summed E-state index contributed by atoms with van der Waals surface area (Å²) in [6.45, 7) is 3.58. The van der Waals surface area contributed by atoms with Gasteiger partial charge in [-0.15, -0.1) is 0 Å². The summed E-state index contributed by atoms with van der Waals surface area (Å²) in [6, 6.07) is 6.45. The molecule has 0 radical (unpaired) electrons. The summed E-state index contributed by atoms with van der Waals surface area (Å²) in [4.78, 5) is 0.129. The first-order chi connectivity index (χ1) is 9.71. The van der Waals surface area contributed by atoms with Gasteiger partial charge in [0, 0.05) is 0 Å². The van der Waals surface area contributed by atoms with Crippen LogP contribution in [0.4, 0.5) is 0 Å². The third kappa shape index (κ3) is 4.05. The highest BCUT2D eigenvalue weighted by atomic mass is 32.2. The van der Waals surface area contributed by atoms with Crippen molar-refractivity contribution in [3.63, 3.8) is 0 Å². The lowest BCUT2D eigenvalue weighted by Crippen LogP contribution is -2.33. The smallest absolute Gasteiger partial charge is 0.266 e. The number of hydrogen-bond donors (Lipinski definition) is 0. The van der Waals surface area contributed by atoms with Gasteiger partial charge in [-0.25, -0.2) is 8.42 Å². The second kappa shape index (κ2) is 6.06. The molecular weight excluding hydrogens is 312 g/mol. The third-order valence-electron chi connectivity index (χ3n) is 3.86. The molecule has 0 amide bonds. The molecule has 0 saturated carbocycles. The fourth-order valence-corrected chi connectivity index (χ4v) is 4.98. The van der Waals surface area contributed by atoms with Gasteiger partial charge in [-0.3, -0.25) is 4.18 Å². The molecule has 118 valence electrons. The molecular formula is C14H20O5S2. The SMILES string of the molecule is Cc1ccc(S(=O)(=O)OC[C@H]2CCS(=O)(=O)[C@@H](C)C2)cc1. The molecule has 0 unspecified atom stereocenters. The Bertz CT molecular complexity index is 689. The highest BCUT2D eigenvalue weighted by Gasteiger charge is 2.31. The average Bonchev–Trinajstić information content (AvgIpc) is 2.41. The van der Waals surface area contributed by atoms with Crippen LogP contribution in [0.5, 0.6) is 0 Å². The normalized spacial score (nSPS) is 25.6. The van der Waals surface area contributed by atoms with Crippen LogP contribution >= 0.6 is 0 Å². The molecule has 21 heavy (non-hydrogen) atoms. The molecule has 0 spiro atoms. The largest absolute Gasteiger partial charge is 0.296 e. The number of rotatable bonds is 4. The van der Waals surface area contributed by atoms with Crippen molar-refractivity contribution in [2.75, 3.05) is 12.4 Å². The van der Waals surface area contributed by atoms with E-state index in [1.165, 1.54) is 12.1 Å². The van der Waals surface area contributed by atoms with Crippen LogP contribution in [-0.4, -0.2) is 34.4 Å². The summed E-state index contributed by atoms with van der Waals surface area (Å²) in [5.74, 6) is 0.0657. The molecule has 1 aromatic rings. The summed E-state index contributed by atoms with van der Waals surface area (Å²) >= 11 is 0.